The first-order valence-corrected chi connectivity index (χ1v) is 7.57. The number of nitrogens with one attached hydrogen (secondary N) is 1. The van der Waals surface area contributed by atoms with Crippen molar-refractivity contribution in [1.29, 1.82) is 0 Å². The lowest BCUT2D eigenvalue weighted by atomic mass is 9.82. The molecule has 2 bridgehead atoms. The van der Waals surface area contributed by atoms with E-state index in [9.17, 15) is 0 Å². The molecule has 0 saturated carbocycles. The van der Waals surface area contributed by atoms with Gasteiger partial charge in [-0.1, -0.05) is 11.6 Å². The van der Waals surface area contributed by atoms with E-state index in [1.807, 2.05) is 6.07 Å². The Kier molecular flexibility index (Phi) is 3.86. The first kappa shape index (κ1) is 14.1. The van der Waals surface area contributed by atoms with Gasteiger partial charge < -0.3 is 10.6 Å². The average Bonchev–Trinajstić information content (AvgIpc) is 2.66. The molecule has 2 fully saturated rings. The maximum absolute atomic E-state index is 6.05. The minimum atomic E-state index is 0.0259. The normalized spacial score (nSPS) is 31.4. The maximum Gasteiger partial charge on any atom is 0.128 e. The molecule has 20 heavy (non-hydrogen) atoms. The molecule has 1 aromatic rings. The number of piperidine rings is 1. The van der Waals surface area contributed by atoms with Crippen LogP contribution in [-0.4, -0.2) is 29.0 Å². The summed E-state index contributed by atoms with van der Waals surface area (Å²) in [5.74, 6) is 6.81. The van der Waals surface area contributed by atoms with Crippen LogP contribution in [0.2, 0.25) is 5.02 Å². The fourth-order valence-corrected chi connectivity index (χ4v) is 4.09. The predicted octanol–water partition coefficient (Wildman–Crippen LogP) is 1.69. The fourth-order valence-electron chi connectivity index (χ4n) is 3.92. The third-order valence-electron chi connectivity index (χ3n) is 5.04. The highest BCUT2D eigenvalue weighted by molar-refractivity contribution is 6.30. The van der Waals surface area contributed by atoms with Gasteiger partial charge >= 0.3 is 0 Å². The average molecular weight is 296 g/mol. The van der Waals surface area contributed by atoms with Crippen molar-refractivity contribution in [3.63, 3.8) is 0 Å². The molecule has 3 rings (SSSR count). The molecule has 1 aromatic heterocycles. The quantitative estimate of drug-likeness (QED) is 0.584. The maximum atomic E-state index is 6.05. The molecule has 2 aliphatic heterocycles. The molecule has 110 valence electrons. The first-order valence-electron chi connectivity index (χ1n) is 7.19. The number of pyridine rings is 1. The molecular weight excluding hydrogens is 274 g/mol. The Balaban J connectivity index is 1.85. The molecule has 0 spiro atoms. The molecule has 0 aromatic carbocycles. The predicted molar refractivity (Wildman–Crippen MR) is 81.0 cm³/mol. The SMILES string of the molecule is CN1C2CCC1CC(C(NN)c1cc(Cl)cnc1N)C2. The number of hydrogen-bond donors (Lipinski definition) is 3. The van der Waals surface area contributed by atoms with Crippen LogP contribution in [0.4, 0.5) is 5.82 Å². The second-order valence-corrected chi connectivity index (χ2v) is 6.49. The Morgan fingerprint density at radius 2 is 2.05 bits per heavy atom. The van der Waals surface area contributed by atoms with Gasteiger partial charge in [0.1, 0.15) is 5.82 Å². The van der Waals surface area contributed by atoms with Crippen LogP contribution in [0.3, 0.4) is 0 Å². The van der Waals surface area contributed by atoms with Gasteiger partial charge in [-0.05, 0) is 44.7 Å². The van der Waals surface area contributed by atoms with Crippen LogP contribution in [0.15, 0.2) is 12.3 Å². The van der Waals surface area contributed by atoms with Crippen molar-refractivity contribution < 1.29 is 0 Å². The van der Waals surface area contributed by atoms with Crippen LogP contribution in [-0.2, 0) is 0 Å². The molecule has 2 saturated heterocycles. The van der Waals surface area contributed by atoms with Crippen molar-refractivity contribution in [2.45, 2.75) is 43.8 Å². The van der Waals surface area contributed by atoms with Gasteiger partial charge in [0.25, 0.3) is 0 Å². The number of halogens is 1. The molecule has 0 radical (unpaired) electrons. The third-order valence-corrected chi connectivity index (χ3v) is 5.24. The van der Waals surface area contributed by atoms with Crippen molar-refractivity contribution in [2.75, 3.05) is 12.8 Å². The smallest absolute Gasteiger partial charge is 0.128 e. The minimum Gasteiger partial charge on any atom is -0.383 e. The monoisotopic (exact) mass is 295 g/mol. The summed E-state index contributed by atoms with van der Waals surface area (Å²) in [5, 5.41) is 0.602. The molecule has 5 nitrogen and oxygen atoms in total. The van der Waals surface area contributed by atoms with Gasteiger partial charge in [-0.3, -0.25) is 11.3 Å². The largest absolute Gasteiger partial charge is 0.383 e. The third kappa shape index (κ3) is 2.39. The number of hydrogen-bond acceptors (Lipinski definition) is 5. The molecule has 0 aliphatic carbocycles. The van der Waals surface area contributed by atoms with E-state index in [0.717, 1.165) is 18.4 Å². The highest BCUT2D eigenvalue weighted by Crippen LogP contribution is 2.43. The molecule has 3 heterocycles. The molecule has 3 atom stereocenters. The van der Waals surface area contributed by atoms with Gasteiger partial charge in [-0.15, -0.1) is 0 Å². The number of hydrazine groups is 1. The van der Waals surface area contributed by atoms with Crippen molar-refractivity contribution in [2.24, 2.45) is 11.8 Å². The zero-order chi connectivity index (χ0) is 14.3. The van der Waals surface area contributed by atoms with Gasteiger partial charge in [0.15, 0.2) is 0 Å². The van der Waals surface area contributed by atoms with E-state index in [1.165, 1.54) is 12.8 Å². The van der Waals surface area contributed by atoms with Crippen LogP contribution in [0.5, 0.6) is 0 Å². The second kappa shape index (κ2) is 5.48. The van der Waals surface area contributed by atoms with E-state index in [-0.39, 0.29) is 6.04 Å². The number of nitrogens with two attached hydrogens (primary N) is 2. The van der Waals surface area contributed by atoms with Crippen molar-refractivity contribution in [3.05, 3.63) is 22.8 Å². The number of anilines is 1. The van der Waals surface area contributed by atoms with E-state index >= 15 is 0 Å². The van der Waals surface area contributed by atoms with E-state index in [2.05, 4.69) is 22.4 Å². The summed E-state index contributed by atoms with van der Waals surface area (Å²) in [6.45, 7) is 0. The Morgan fingerprint density at radius 3 is 2.65 bits per heavy atom. The summed E-state index contributed by atoms with van der Waals surface area (Å²) >= 11 is 6.05. The van der Waals surface area contributed by atoms with Crippen LogP contribution in [0, 0.1) is 5.92 Å². The summed E-state index contributed by atoms with van der Waals surface area (Å²) < 4.78 is 0. The lowest BCUT2D eigenvalue weighted by Crippen LogP contribution is -2.45. The Morgan fingerprint density at radius 1 is 1.40 bits per heavy atom. The number of nitrogens with zero attached hydrogens (tertiary/aromatic N) is 2. The number of nitrogen functional groups attached to an aromatic ring is 1. The zero-order valence-corrected chi connectivity index (χ0v) is 12.5. The van der Waals surface area contributed by atoms with Crippen LogP contribution in [0.25, 0.3) is 0 Å². The number of aromatic nitrogens is 1. The van der Waals surface area contributed by atoms with Crippen molar-refractivity contribution >= 4 is 17.4 Å². The Hall–Kier alpha value is -0.880. The van der Waals surface area contributed by atoms with Crippen LogP contribution < -0.4 is 17.0 Å². The summed E-state index contributed by atoms with van der Waals surface area (Å²) in [7, 11) is 2.23. The van der Waals surface area contributed by atoms with E-state index in [1.54, 1.807) is 6.20 Å². The Labute approximate surface area is 124 Å². The molecule has 5 N–H and O–H groups in total. The number of fused-ring (bicyclic) bond motifs is 2. The minimum absolute atomic E-state index is 0.0259. The summed E-state index contributed by atoms with van der Waals surface area (Å²) in [5.41, 5.74) is 9.88. The van der Waals surface area contributed by atoms with Gasteiger partial charge in [-0.2, -0.15) is 0 Å². The van der Waals surface area contributed by atoms with Gasteiger partial charge in [-0.25, -0.2) is 4.98 Å². The fraction of sp³-hybridized carbons (Fsp3) is 0.643. The van der Waals surface area contributed by atoms with E-state index < -0.39 is 0 Å². The Bertz CT molecular complexity index is 480. The first-order chi connectivity index (χ1) is 9.60. The molecular formula is C14H22ClN5. The lowest BCUT2D eigenvalue weighted by molar-refractivity contribution is 0.112. The number of rotatable bonds is 3. The molecule has 3 unspecified atom stereocenters. The van der Waals surface area contributed by atoms with Crippen LogP contribution >= 0.6 is 11.6 Å². The summed E-state index contributed by atoms with van der Waals surface area (Å²) in [6, 6.07) is 3.25. The highest BCUT2D eigenvalue weighted by atomic mass is 35.5. The second-order valence-electron chi connectivity index (χ2n) is 6.05. The standard InChI is InChI=1S/C14H22ClN5/c1-20-10-2-3-11(20)5-8(4-10)13(19-17)12-6-9(15)7-18-14(12)16/h6-8,10-11,13,19H,2-5,17H2,1H3,(H2,16,18). The van der Waals surface area contributed by atoms with E-state index in [4.69, 9.17) is 23.2 Å². The van der Waals surface area contributed by atoms with Crippen LogP contribution in [0.1, 0.15) is 37.3 Å². The van der Waals surface area contributed by atoms with Crippen molar-refractivity contribution in [3.8, 4) is 0 Å². The summed E-state index contributed by atoms with van der Waals surface area (Å²) in [6.07, 6.45) is 6.45. The lowest BCUT2D eigenvalue weighted by Gasteiger charge is -2.39. The van der Waals surface area contributed by atoms with Gasteiger partial charge in [0, 0.05) is 23.8 Å². The van der Waals surface area contributed by atoms with Gasteiger partial charge in [0.2, 0.25) is 0 Å². The molecule has 6 heteroatoms. The van der Waals surface area contributed by atoms with Gasteiger partial charge in [0.05, 0.1) is 11.1 Å². The van der Waals surface area contributed by atoms with E-state index in [0.29, 0.717) is 28.8 Å². The molecule has 0 amide bonds. The highest BCUT2D eigenvalue weighted by Gasteiger charge is 2.41. The van der Waals surface area contributed by atoms with Crippen molar-refractivity contribution in [1.82, 2.24) is 15.3 Å². The molecule has 2 aliphatic rings. The topological polar surface area (TPSA) is 80.2 Å². The zero-order valence-electron chi connectivity index (χ0n) is 11.7. The summed E-state index contributed by atoms with van der Waals surface area (Å²) in [4.78, 5) is 6.67.